The lowest BCUT2D eigenvalue weighted by molar-refractivity contribution is -0.301. The lowest BCUT2D eigenvalue weighted by Gasteiger charge is -2.38. The van der Waals surface area contributed by atoms with Crippen LogP contribution in [-0.2, 0) is 14.4 Å². The first kappa shape index (κ1) is 57.7. The average Bonchev–Trinajstić information content (AvgIpc) is 3.26. The van der Waals surface area contributed by atoms with E-state index in [1.807, 2.05) is 0 Å². The highest BCUT2D eigenvalue weighted by molar-refractivity contribution is 5.80. The van der Waals surface area contributed by atoms with Gasteiger partial charge in [-0.05, 0) is 12.8 Å². The topological polar surface area (TPSA) is 181 Å². The molecule has 7 N–H and O–H groups in total. The van der Waals surface area contributed by atoms with Crippen LogP contribution in [0.4, 0.5) is 0 Å². The molecule has 11 heteroatoms. The van der Waals surface area contributed by atoms with Crippen molar-refractivity contribution in [2.24, 2.45) is 5.16 Å². The molecule has 8 atom stereocenters. The first-order chi connectivity index (χ1) is 29.8. The van der Waals surface area contributed by atoms with E-state index in [0.717, 1.165) is 51.2 Å². The van der Waals surface area contributed by atoms with E-state index in [1.54, 1.807) is 0 Å². The first-order valence-corrected chi connectivity index (χ1v) is 25.9. The number of carbonyl (C=O) groups excluding carboxylic acids is 1. The summed E-state index contributed by atoms with van der Waals surface area (Å²) in [5.74, 6) is -0.274. The quantitative estimate of drug-likeness (QED) is 0.0178. The second-order valence-corrected chi connectivity index (χ2v) is 18.4. The van der Waals surface area contributed by atoms with E-state index in [2.05, 4.69) is 24.3 Å². The number of aliphatic hydroxyl groups is 6. The maximum absolute atomic E-state index is 13.0. The number of oxime groups is 1. The van der Waals surface area contributed by atoms with Crippen molar-refractivity contribution in [1.29, 1.82) is 0 Å². The van der Waals surface area contributed by atoms with E-state index < -0.39 is 55.6 Å². The molecule has 0 aromatic carbocycles. The van der Waals surface area contributed by atoms with Crippen molar-refractivity contribution in [3.8, 4) is 0 Å². The molecular formula is C50H98N2O9. The highest BCUT2D eigenvalue weighted by atomic mass is 16.8. The molecule has 0 aromatic rings. The van der Waals surface area contributed by atoms with Crippen molar-refractivity contribution in [3.63, 3.8) is 0 Å². The van der Waals surface area contributed by atoms with Crippen molar-refractivity contribution < 1.29 is 45.0 Å². The van der Waals surface area contributed by atoms with Crippen LogP contribution in [0.5, 0.6) is 0 Å². The number of carbonyl (C=O) groups is 1. The Morgan fingerprint density at radius 1 is 0.557 bits per heavy atom. The van der Waals surface area contributed by atoms with Crippen LogP contribution in [-0.4, -0.2) is 98.3 Å². The molecule has 0 bridgehead atoms. The van der Waals surface area contributed by atoms with Gasteiger partial charge in [0.1, 0.15) is 30.5 Å². The molecule has 0 aliphatic carbocycles. The highest BCUT2D eigenvalue weighted by Crippen LogP contribution is 2.23. The third kappa shape index (κ3) is 31.2. The number of nitrogens with zero attached hydrogens (tertiary/aromatic N) is 1. The molecule has 11 nitrogen and oxygen atoms in total. The normalized spacial score (nSPS) is 20.9. The molecule has 1 aliphatic heterocycles. The van der Waals surface area contributed by atoms with Crippen LogP contribution in [0.3, 0.4) is 0 Å². The predicted octanol–water partition coefficient (Wildman–Crippen LogP) is 10.5. The molecule has 1 fully saturated rings. The van der Waals surface area contributed by atoms with Crippen LogP contribution in [0, 0.1) is 0 Å². The van der Waals surface area contributed by atoms with Crippen molar-refractivity contribution in [3.05, 3.63) is 0 Å². The van der Waals surface area contributed by atoms with Gasteiger partial charge in [-0.25, -0.2) is 0 Å². The molecule has 362 valence electrons. The minimum Gasteiger partial charge on any atom is -0.394 e. The molecule has 1 rings (SSSR count). The lowest BCUT2D eigenvalue weighted by Crippen LogP contribution is -2.58. The highest BCUT2D eigenvalue weighted by Gasteiger charge is 2.45. The maximum Gasteiger partial charge on any atom is 0.256 e. The van der Waals surface area contributed by atoms with Gasteiger partial charge in [-0.3, -0.25) is 4.79 Å². The molecule has 0 spiro atoms. The Bertz CT molecular complexity index is 989. The number of rotatable bonds is 44. The first-order valence-electron chi connectivity index (χ1n) is 25.9. The van der Waals surface area contributed by atoms with Crippen LogP contribution in [0.25, 0.3) is 0 Å². The summed E-state index contributed by atoms with van der Waals surface area (Å²) in [7, 11) is 0. The van der Waals surface area contributed by atoms with Crippen LogP contribution in [0.15, 0.2) is 5.16 Å². The number of ether oxygens (including phenoxy) is 1. The molecule has 1 heterocycles. The van der Waals surface area contributed by atoms with Gasteiger partial charge in [0, 0.05) is 6.42 Å². The Balaban J connectivity index is 2.30. The molecule has 0 unspecified atom stereocenters. The zero-order valence-corrected chi connectivity index (χ0v) is 39.4. The number of unbranched alkanes of at least 4 members (excludes halogenated alkanes) is 33. The van der Waals surface area contributed by atoms with E-state index in [0.29, 0.717) is 12.8 Å². The van der Waals surface area contributed by atoms with Gasteiger partial charge >= 0.3 is 0 Å². The van der Waals surface area contributed by atoms with Gasteiger partial charge in [0.05, 0.1) is 25.0 Å². The Kier molecular flexibility index (Phi) is 39.1. The molecule has 1 saturated heterocycles. The minimum atomic E-state index is -1.65. The summed E-state index contributed by atoms with van der Waals surface area (Å²) in [6.45, 7) is 3.90. The van der Waals surface area contributed by atoms with Gasteiger partial charge in [0.2, 0.25) is 5.91 Å². The summed E-state index contributed by atoms with van der Waals surface area (Å²) < 4.78 is 5.34. The summed E-state index contributed by atoms with van der Waals surface area (Å²) in [6.07, 6.45) is 36.2. The van der Waals surface area contributed by atoms with E-state index in [9.17, 15) is 35.4 Å². The third-order valence-electron chi connectivity index (χ3n) is 12.7. The summed E-state index contributed by atoms with van der Waals surface area (Å²) in [4.78, 5) is 18.2. The van der Waals surface area contributed by atoms with Crippen LogP contribution in [0.2, 0.25) is 0 Å². The largest absolute Gasteiger partial charge is 0.394 e. The Hall–Kier alpha value is -1.34. The number of amides is 1. The number of aliphatic hydroxyl groups excluding tert-OH is 6. The maximum atomic E-state index is 13.0. The monoisotopic (exact) mass is 871 g/mol. The summed E-state index contributed by atoms with van der Waals surface area (Å²) in [6, 6.07) is -1.07. The number of hydrogen-bond acceptors (Lipinski definition) is 10. The molecule has 1 aliphatic rings. The van der Waals surface area contributed by atoms with Crippen molar-refractivity contribution in [2.75, 3.05) is 6.61 Å². The van der Waals surface area contributed by atoms with E-state index in [4.69, 9.17) is 9.57 Å². The van der Waals surface area contributed by atoms with Crippen molar-refractivity contribution in [2.45, 2.75) is 300 Å². The minimum absolute atomic E-state index is 0.274. The number of nitrogens with one attached hydrogen (secondary N) is 1. The summed E-state index contributed by atoms with van der Waals surface area (Å²) >= 11 is 0. The number of hydrogen-bond donors (Lipinski definition) is 7. The molecule has 61 heavy (non-hydrogen) atoms. The predicted molar refractivity (Wildman–Crippen MR) is 249 cm³/mol. The zero-order valence-electron chi connectivity index (χ0n) is 39.4. The molecule has 1 amide bonds. The third-order valence-corrected chi connectivity index (χ3v) is 12.7. The Morgan fingerprint density at radius 2 is 0.918 bits per heavy atom. The fraction of sp³-hybridized carbons (Fsp3) is 0.960. The SMILES string of the molecule is CCCCCCCCCCCCCCCCCCCCCCCCCC(=O)N[C@@H](/C=N/O[C@@H]1O[C@H](CO)[C@H](O)[C@H](O)[C@H]1O)[C@H](O)[C@H](O)CCCCCCCCCCCCCC. The Labute approximate surface area is 373 Å². The van der Waals surface area contributed by atoms with Gasteiger partial charge in [-0.2, -0.15) is 0 Å². The fourth-order valence-electron chi connectivity index (χ4n) is 8.46. The van der Waals surface area contributed by atoms with E-state index in [-0.39, 0.29) is 12.3 Å². The second-order valence-electron chi connectivity index (χ2n) is 18.4. The van der Waals surface area contributed by atoms with Gasteiger partial charge in [-0.1, -0.05) is 237 Å². The Morgan fingerprint density at radius 3 is 1.30 bits per heavy atom. The summed E-state index contributed by atoms with van der Waals surface area (Å²) in [5.41, 5.74) is 0. The van der Waals surface area contributed by atoms with Gasteiger partial charge in [0.15, 0.2) is 0 Å². The van der Waals surface area contributed by atoms with Crippen molar-refractivity contribution >= 4 is 12.1 Å². The van der Waals surface area contributed by atoms with Gasteiger partial charge in [0.25, 0.3) is 6.29 Å². The smallest absolute Gasteiger partial charge is 0.256 e. The second kappa shape index (κ2) is 41.4. The lowest BCUT2D eigenvalue weighted by atomic mass is 9.99. The molecule has 0 radical (unpaired) electrons. The van der Waals surface area contributed by atoms with Crippen molar-refractivity contribution in [1.82, 2.24) is 5.32 Å². The van der Waals surface area contributed by atoms with Crippen LogP contribution >= 0.6 is 0 Å². The zero-order chi connectivity index (χ0) is 44.6. The van der Waals surface area contributed by atoms with Crippen LogP contribution in [0.1, 0.15) is 251 Å². The molecular weight excluding hydrogens is 773 g/mol. The molecule has 0 aromatic heterocycles. The van der Waals surface area contributed by atoms with Crippen LogP contribution < -0.4 is 5.32 Å². The van der Waals surface area contributed by atoms with E-state index >= 15 is 0 Å². The molecule has 0 saturated carbocycles. The van der Waals surface area contributed by atoms with Gasteiger partial charge < -0.3 is 45.5 Å². The van der Waals surface area contributed by atoms with Gasteiger partial charge in [-0.15, -0.1) is 0 Å². The summed E-state index contributed by atoms with van der Waals surface area (Å²) in [5, 5.41) is 68.5. The standard InChI is InChI=1S/C50H98N2O9/c1-3-5-7-9-11-13-15-17-18-19-20-21-22-23-24-25-26-27-29-31-33-35-37-39-45(55)52-42(40-51-61-50-49(59)48(58)47(57)44(41-53)60-50)46(56)43(54)38-36-34-32-30-28-16-14-12-10-8-6-4-2/h40,42-44,46-50,53-54,56-59H,3-39,41H2,1-2H3,(H,52,55)/b51-40+/t42-,43+,44+,46-,47-,48-,49+,50-/m0/s1. The average molecular weight is 871 g/mol. The van der Waals surface area contributed by atoms with E-state index in [1.165, 1.54) is 173 Å². The fourth-order valence-corrected chi connectivity index (χ4v) is 8.46.